The van der Waals surface area contributed by atoms with Gasteiger partial charge in [0, 0.05) is 12.6 Å². The summed E-state index contributed by atoms with van der Waals surface area (Å²) in [5.41, 5.74) is 0. The van der Waals surface area contributed by atoms with E-state index in [9.17, 15) is 13.2 Å². The summed E-state index contributed by atoms with van der Waals surface area (Å²) in [6.07, 6.45) is 2.76. The van der Waals surface area contributed by atoms with Crippen LogP contribution in [-0.4, -0.2) is 43.3 Å². The lowest BCUT2D eigenvalue weighted by Crippen LogP contribution is -2.42. The van der Waals surface area contributed by atoms with Gasteiger partial charge in [-0.05, 0) is 25.7 Å². The number of sulfone groups is 1. The van der Waals surface area contributed by atoms with Crippen LogP contribution in [0.25, 0.3) is 0 Å². The number of unbranched alkanes of at least 4 members (excludes halogenated alkanes) is 1. The topological polar surface area (TPSA) is 54.5 Å². The number of hydrogen-bond donors (Lipinski definition) is 0. The standard InChI is InChI=1S/C14H29NO3S/c1-6-8-9-15(13(5)7-2)14(16)11-19(17,18)10-12(3)4/h12-13H,6-11H2,1-5H3. The summed E-state index contributed by atoms with van der Waals surface area (Å²) in [6.45, 7) is 10.4. The molecule has 0 aliphatic rings. The molecule has 0 rings (SSSR count). The second kappa shape index (κ2) is 8.56. The molecule has 0 saturated heterocycles. The Hall–Kier alpha value is -0.580. The van der Waals surface area contributed by atoms with Crippen LogP contribution in [0.5, 0.6) is 0 Å². The monoisotopic (exact) mass is 291 g/mol. The van der Waals surface area contributed by atoms with Crippen molar-refractivity contribution in [2.75, 3.05) is 18.1 Å². The first-order valence-corrected chi connectivity index (χ1v) is 9.05. The van der Waals surface area contributed by atoms with Crippen LogP contribution < -0.4 is 0 Å². The van der Waals surface area contributed by atoms with E-state index < -0.39 is 9.84 Å². The van der Waals surface area contributed by atoms with E-state index in [4.69, 9.17) is 0 Å². The van der Waals surface area contributed by atoms with Gasteiger partial charge in [0.2, 0.25) is 5.91 Å². The minimum Gasteiger partial charge on any atom is -0.339 e. The highest BCUT2D eigenvalue weighted by molar-refractivity contribution is 7.92. The lowest BCUT2D eigenvalue weighted by Gasteiger charge is -2.28. The minimum atomic E-state index is -3.28. The second-order valence-electron chi connectivity index (χ2n) is 5.65. The average molecular weight is 291 g/mol. The van der Waals surface area contributed by atoms with Gasteiger partial charge < -0.3 is 4.90 Å². The molecule has 1 unspecified atom stereocenters. The van der Waals surface area contributed by atoms with Crippen LogP contribution in [0.4, 0.5) is 0 Å². The zero-order valence-electron chi connectivity index (χ0n) is 13.0. The van der Waals surface area contributed by atoms with E-state index in [0.29, 0.717) is 6.54 Å². The summed E-state index contributed by atoms with van der Waals surface area (Å²) in [5, 5.41) is 0. The normalized spacial score (nSPS) is 13.6. The molecular weight excluding hydrogens is 262 g/mol. The molecule has 0 saturated carbocycles. The van der Waals surface area contributed by atoms with Gasteiger partial charge in [0.05, 0.1) is 5.75 Å². The van der Waals surface area contributed by atoms with E-state index >= 15 is 0 Å². The molecule has 1 amide bonds. The predicted molar refractivity (Wildman–Crippen MR) is 79.9 cm³/mol. The first kappa shape index (κ1) is 18.4. The summed E-state index contributed by atoms with van der Waals surface area (Å²) >= 11 is 0. The quantitative estimate of drug-likeness (QED) is 0.656. The first-order valence-electron chi connectivity index (χ1n) is 7.23. The van der Waals surface area contributed by atoms with Crippen LogP contribution in [0.15, 0.2) is 0 Å². The van der Waals surface area contributed by atoms with Crippen molar-refractivity contribution in [3.63, 3.8) is 0 Å². The minimum absolute atomic E-state index is 0.0606. The molecule has 5 heteroatoms. The Bertz CT molecular complexity index is 363. The molecule has 0 aliphatic heterocycles. The molecule has 0 heterocycles. The highest BCUT2D eigenvalue weighted by atomic mass is 32.2. The van der Waals surface area contributed by atoms with Crippen LogP contribution in [-0.2, 0) is 14.6 Å². The summed E-state index contributed by atoms with van der Waals surface area (Å²) in [7, 11) is -3.28. The van der Waals surface area contributed by atoms with Crippen molar-refractivity contribution in [3.8, 4) is 0 Å². The van der Waals surface area contributed by atoms with Crippen molar-refractivity contribution in [3.05, 3.63) is 0 Å². The van der Waals surface area contributed by atoms with E-state index in [1.165, 1.54) is 0 Å². The van der Waals surface area contributed by atoms with Gasteiger partial charge in [0.15, 0.2) is 9.84 Å². The first-order chi connectivity index (χ1) is 8.73. The molecule has 0 N–H and O–H groups in total. The van der Waals surface area contributed by atoms with Crippen molar-refractivity contribution in [2.24, 2.45) is 5.92 Å². The Labute approximate surface area is 118 Å². The Kier molecular flexibility index (Phi) is 8.30. The predicted octanol–water partition coefficient (Wildman–Crippen LogP) is 2.48. The molecule has 0 aromatic rings. The van der Waals surface area contributed by atoms with Gasteiger partial charge >= 0.3 is 0 Å². The third-order valence-corrected chi connectivity index (χ3v) is 4.99. The lowest BCUT2D eigenvalue weighted by molar-refractivity contribution is -0.130. The molecule has 0 fully saturated rings. The summed E-state index contributed by atoms with van der Waals surface area (Å²) in [4.78, 5) is 13.9. The fourth-order valence-corrected chi connectivity index (χ4v) is 3.65. The third-order valence-electron chi connectivity index (χ3n) is 3.13. The molecule has 0 bridgehead atoms. The van der Waals surface area contributed by atoms with Gasteiger partial charge in [-0.15, -0.1) is 0 Å². The molecule has 0 aliphatic carbocycles. The van der Waals surface area contributed by atoms with Crippen molar-refractivity contribution in [1.82, 2.24) is 4.90 Å². The van der Waals surface area contributed by atoms with Crippen LogP contribution in [0.1, 0.15) is 53.9 Å². The van der Waals surface area contributed by atoms with Gasteiger partial charge in [-0.25, -0.2) is 8.42 Å². The molecule has 114 valence electrons. The molecule has 19 heavy (non-hydrogen) atoms. The Balaban J connectivity index is 4.72. The van der Waals surface area contributed by atoms with Crippen LogP contribution >= 0.6 is 0 Å². The van der Waals surface area contributed by atoms with E-state index in [1.807, 2.05) is 27.7 Å². The van der Waals surface area contributed by atoms with Crippen molar-refractivity contribution >= 4 is 15.7 Å². The number of hydrogen-bond acceptors (Lipinski definition) is 3. The Morgan fingerprint density at radius 2 is 1.74 bits per heavy atom. The highest BCUT2D eigenvalue weighted by Gasteiger charge is 2.24. The number of rotatable bonds is 9. The van der Waals surface area contributed by atoms with Crippen LogP contribution in [0, 0.1) is 5.92 Å². The fraction of sp³-hybridized carbons (Fsp3) is 0.929. The number of carbonyl (C=O) groups excluding carboxylic acids is 1. The smallest absolute Gasteiger partial charge is 0.238 e. The summed E-state index contributed by atoms with van der Waals surface area (Å²) < 4.78 is 23.8. The van der Waals surface area contributed by atoms with Gasteiger partial charge in [0.1, 0.15) is 5.75 Å². The largest absolute Gasteiger partial charge is 0.339 e. The van der Waals surface area contributed by atoms with Gasteiger partial charge in [-0.2, -0.15) is 0 Å². The van der Waals surface area contributed by atoms with Gasteiger partial charge in [-0.3, -0.25) is 4.79 Å². The van der Waals surface area contributed by atoms with Crippen LogP contribution in [0.3, 0.4) is 0 Å². The van der Waals surface area contributed by atoms with Crippen molar-refractivity contribution < 1.29 is 13.2 Å². The molecule has 0 radical (unpaired) electrons. The Morgan fingerprint density at radius 3 is 2.16 bits per heavy atom. The zero-order valence-corrected chi connectivity index (χ0v) is 13.8. The maximum atomic E-state index is 12.2. The Morgan fingerprint density at radius 1 is 1.16 bits per heavy atom. The second-order valence-corrected chi connectivity index (χ2v) is 7.76. The fourth-order valence-electron chi connectivity index (χ4n) is 1.98. The van der Waals surface area contributed by atoms with E-state index in [1.54, 1.807) is 4.90 Å². The number of amides is 1. The molecular formula is C14H29NO3S. The van der Waals surface area contributed by atoms with Crippen molar-refractivity contribution in [1.29, 1.82) is 0 Å². The summed E-state index contributed by atoms with van der Waals surface area (Å²) in [5.74, 6) is -0.450. The molecule has 1 atom stereocenters. The lowest BCUT2D eigenvalue weighted by atomic mass is 10.2. The zero-order chi connectivity index (χ0) is 15.1. The number of nitrogens with zero attached hydrogens (tertiary/aromatic N) is 1. The maximum absolute atomic E-state index is 12.2. The van der Waals surface area contributed by atoms with Gasteiger partial charge in [-0.1, -0.05) is 34.1 Å². The molecule has 0 aromatic carbocycles. The maximum Gasteiger partial charge on any atom is 0.238 e. The molecule has 4 nitrogen and oxygen atoms in total. The van der Waals surface area contributed by atoms with E-state index in [-0.39, 0.29) is 29.4 Å². The summed E-state index contributed by atoms with van der Waals surface area (Å²) in [6, 6.07) is 0.105. The van der Waals surface area contributed by atoms with Crippen molar-refractivity contribution in [2.45, 2.75) is 59.9 Å². The number of carbonyl (C=O) groups is 1. The average Bonchev–Trinajstić information content (AvgIpc) is 2.26. The van der Waals surface area contributed by atoms with Crippen LogP contribution in [0.2, 0.25) is 0 Å². The van der Waals surface area contributed by atoms with Gasteiger partial charge in [0.25, 0.3) is 0 Å². The van der Waals surface area contributed by atoms with E-state index in [0.717, 1.165) is 19.3 Å². The third kappa shape index (κ3) is 7.55. The highest BCUT2D eigenvalue weighted by Crippen LogP contribution is 2.09. The molecule has 0 aromatic heterocycles. The van der Waals surface area contributed by atoms with E-state index in [2.05, 4.69) is 6.92 Å². The SMILES string of the molecule is CCCCN(C(=O)CS(=O)(=O)CC(C)C)C(C)CC. The molecule has 0 spiro atoms.